The van der Waals surface area contributed by atoms with E-state index in [1.165, 1.54) is 5.56 Å². The van der Waals surface area contributed by atoms with Crippen LogP contribution < -0.4 is 5.32 Å². The van der Waals surface area contributed by atoms with Crippen LogP contribution in [0.25, 0.3) is 0 Å². The number of benzene rings is 3. The zero-order chi connectivity index (χ0) is 17.1. The van der Waals surface area contributed by atoms with Crippen LogP contribution in [0.2, 0.25) is 0 Å². The maximum absolute atomic E-state index is 13.0. The Labute approximate surface area is 148 Å². The van der Waals surface area contributed by atoms with Gasteiger partial charge in [0.05, 0.1) is 5.41 Å². The van der Waals surface area contributed by atoms with E-state index in [1.54, 1.807) is 0 Å². The summed E-state index contributed by atoms with van der Waals surface area (Å²) in [4.78, 5) is 13.0. The lowest BCUT2D eigenvalue weighted by Gasteiger charge is -2.18. The van der Waals surface area contributed by atoms with Gasteiger partial charge in [-0.15, -0.1) is 0 Å². The highest BCUT2D eigenvalue weighted by Crippen LogP contribution is 2.49. The zero-order valence-electron chi connectivity index (χ0n) is 14.1. The number of anilines is 1. The molecule has 25 heavy (non-hydrogen) atoms. The van der Waals surface area contributed by atoms with Gasteiger partial charge in [-0.3, -0.25) is 4.79 Å². The number of amides is 1. The second kappa shape index (κ2) is 6.56. The average molecular weight is 327 g/mol. The molecule has 3 aromatic carbocycles. The Bertz CT molecular complexity index is 867. The van der Waals surface area contributed by atoms with Crippen LogP contribution in [0.4, 0.5) is 5.69 Å². The monoisotopic (exact) mass is 327 g/mol. The van der Waals surface area contributed by atoms with Crippen molar-refractivity contribution in [3.63, 3.8) is 0 Å². The largest absolute Gasteiger partial charge is 0.325 e. The fourth-order valence-corrected chi connectivity index (χ4v) is 3.38. The van der Waals surface area contributed by atoms with Crippen molar-refractivity contribution in [2.24, 2.45) is 0 Å². The van der Waals surface area contributed by atoms with Gasteiger partial charge in [-0.2, -0.15) is 0 Å². The molecule has 1 amide bonds. The molecule has 0 unspecified atom stereocenters. The molecule has 1 aliphatic carbocycles. The SMILES string of the molecule is O=C(Nc1ccccc1Cc1ccccc1)C1(c2ccccc2)CC1. The lowest BCUT2D eigenvalue weighted by atomic mass is 9.94. The van der Waals surface area contributed by atoms with E-state index in [0.29, 0.717) is 0 Å². The third kappa shape index (κ3) is 3.20. The molecule has 4 rings (SSSR count). The van der Waals surface area contributed by atoms with Crippen LogP contribution in [-0.4, -0.2) is 5.91 Å². The summed E-state index contributed by atoms with van der Waals surface area (Å²) in [5, 5.41) is 3.19. The number of para-hydroxylation sites is 1. The van der Waals surface area contributed by atoms with Gasteiger partial charge in [0.15, 0.2) is 0 Å². The molecule has 0 atom stereocenters. The van der Waals surface area contributed by atoms with Crippen LogP contribution >= 0.6 is 0 Å². The average Bonchev–Trinajstić information content (AvgIpc) is 3.47. The first-order valence-corrected chi connectivity index (χ1v) is 8.77. The summed E-state index contributed by atoms with van der Waals surface area (Å²) in [5.41, 5.74) is 4.08. The predicted octanol–water partition coefficient (Wildman–Crippen LogP) is 4.95. The van der Waals surface area contributed by atoms with Gasteiger partial charge in [-0.05, 0) is 42.0 Å². The maximum atomic E-state index is 13.0. The molecule has 1 aliphatic rings. The Morgan fingerprint density at radius 3 is 2.08 bits per heavy atom. The normalized spacial score (nSPS) is 14.7. The van der Waals surface area contributed by atoms with Gasteiger partial charge in [0, 0.05) is 5.69 Å². The third-order valence-corrected chi connectivity index (χ3v) is 5.01. The molecular weight excluding hydrogens is 306 g/mol. The Hall–Kier alpha value is -2.87. The first kappa shape index (κ1) is 15.6. The van der Waals surface area contributed by atoms with Crippen LogP contribution in [0, 0.1) is 0 Å². The van der Waals surface area contributed by atoms with Crippen molar-refractivity contribution in [2.75, 3.05) is 5.32 Å². The van der Waals surface area contributed by atoms with Gasteiger partial charge in [0.25, 0.3) is 0 Å². The number of hydrogen-bond donors (Lipinski definition) is 1. The van der Waals surface area contributed by atoms with Crippen molar-refractivity contribution in [2.45, 2.75) is 24.7 Å². The predicted molar refractivity (Wildman–Crippen MR) is 102 cm³/mol. The van der Waals surface area contributed by atoms with Crippen molar-refractivity contribution in [1.29, 1.82) is 0 Å². The van der Waals surface area contributed by atoms with Gasteiger partial charge >= 0.3 is 0 Å². The molecule has 124 valence electrons. The smallest absolute Gasteiger partial charge is 0.235 e. The fraction of sp³-hybridized carbons (Fsp3) is 0.174. The van der Waals surface area contributed by atoms with Crippen LogP contribution in [0.1, 0.15) is 29.5 Å². The van der Waals surface area contributed by atoms with E-state index < -0.39 is 0 Å². The number of hydrogen-bond acceptors (Lipinski definition) is 1. The van der Waals surface area contributed by atoms with Crippen LogP contribution in [-0.2, 0) is 16.6 Å². The zero-order valence-corrected chi connectivity index (χ0v) is 14.1. The van der Waals surface area contributed by atoms with E-state index in [1.807, 2.05) is 54.6 Å². The minimum atomic E-state index is -0.346. The Balaban J connectivity index is 1.56. The van der Waals surface area contributed by atoms with Crippen molar-refractivity contribution in [3.05, 3.63) is 102 Å². The fourth-order valence-electron chi connectivity index (χ4n) is 3.38. The molecule has 0 spiro atoms. The molecule has 1 fully saturated rings. The number of carbonyl (C=O) groups is 1. The Morgan fingerprint density at radius 2 is 1.40 bits per heavy atom. The lowest BCUT2D eigenvalue weighted by molar-refractivity contribution is -0.118. The van der Waals surface area contributed by atoms with E-state index >= 15 is 0 Å². The minimum Gasteiger partial charge on any atom is -0.325 e. The number of carbonyl (C=O) groups excluding carboxylic acids is 1. The molecule has 0 bridgehead atoms. The molecule has 2 heteroatoms. The Morgan fingerprint density at radius 1 is 0.800 bits per heavy atom. The van der Waals surface area contributed by atoms with E-state index in [-0.39, 0.29) is 11.3 Å². The number of rotatable bonds is 5. The van der Waals surface area contributed by atoms with Crippen molar-refractivity contribution < 1.29 is 4.79 Å². The Kier molecular flexibility index (Phi) is 4.10. The summed E-state index contributed by atoms with van der Waals surface area (Å²) in [6.07, 6.45) is 2.66. The molecular formula is C23H21NO. The molecule has 1 saturated carbocycles. The molecule has 0 heterocycles. The summed E-state index contributed by atoms with van der Waals surface area (Å²) < 4.78 is 0. The van der Waals surface area contributed by atoms with Gasteiger partial charge in [0.1, 0.15) is 0 Å². The summed E-state index contributed by atoms with van der Waals surface area (Å²) in [6, 6.07) is 28.6. The second-order valence-electron chi connectivity index (χ2n) is 6.72. The molecule has 0 saturated heterocycles. The summed E-state index contributed by atoms with van der Waals surface area (Å²) in [6.45, 7) is 0. The van der Waals surface area contributed by atoms with E-state index in [9.17, 15) is 4.79 Å². The first-order valence-electron chi connectivity index (χ1n) is 8.77. The summed E-state index contributed by atoms with van der Waals surface area (Å²) in [5.74, 6) is 0.110. The first-order chi connectivity index (χ1) is 12.3. The van der Waals surface area contributed by atoms with Crippen LogP contribution in [0.5, 0.6) is 0 Å². The highest BCUT2D eigenvalue weighted by Gasteiger charge is 2.51. The van der Waals surface area contributed by atoms with E-state index in [0.717, 1.165) is 36.1 Å². The topological polar surface area (TPSA) is 29.1 Å². The molecule has 0 aromatic heterocycles. The molecule has 0 radical (unpaired) electrons. The number of nitrogens with one attached hydrogen (secondary N) is 1. The van der Waals surface area contributed by atoms with E-state index in [4.69, 9.17) is 0 Å². The standard InChI is InChI=1S/C23H21NO/c25-22(23(15-16-23)20-12-5-2-6-13-20)24-21-14-8-7-11-19(21)17-18-9-3-1-4-10-18/h1-14H,15-17H2,(H,24,25). The highest BCUT2D eigenvalue weighted by molar-refractivity contribution is 6.01. The third-order valence-electron chi connectivity index (χ3n) is 5.01. The highest BCUT2D eigenvalue weighted by atomic mass is 16.2. The molecule has 3 aromatic rings. The quantitative estimate of drug-likeness (QED) is 0.706. The summed E-state index contributed by atoms with van der Waals surface area (Å²) >= 11 is 0. The van der Waals surface area contributed by atoms with Gasteiger partial charge in [0.2, 0.25) is 5.91 Å². The van der Waals surface area contributed by atoms with Gasteiger partial charge in [-0.25, -0.2) is 0 Å². The van der Waals surface area contributed by atoms with Crippen molar-refractivity contribution >= 4 is 11.6 Å². The second-order valence-corrected chi connectivity index (χ2v) is 6.72. The molecule has 1 N–H and O–H groups in total. The van der Waals surface area contributed by atoms with Crippen LogP contribution in [0.15, 0.2) is 84.9 Å². The van der Waals surface area contributed by atoms with Crippen molar-refractivity contribution in [3.8, 4) is 0 Å². The molecule has 0 aliphatic heterocycles. The maximum Gasteiger partial charge on any atom is 0.235 e. The van der Waals surface area contributed by atoms with E-state index in [2.05, 4.69) is 35.6 Å². The lowest BCUT2D eigenvalue weighted by Crippen LogP contribution is -2.28. The minimum absolute atomic E-state index is 0.110. The van der Waals surface area contributed by atoms with Gasteiger partial charge < -0.3 is 5.32 Å². The van der Waals surface area contributed by atoms with Crippen molar-refractivity contribution in [1.82, 2.24) is 0 Å². The van der Waals surface area contributed by atoms with Gasteiger partial charge in [-0.1, -0.05) is 78.9 Å². The summed E-state index contributed by atoms with van der Waals surface area (Å²) in [7, 11) is 0. The molecule has 2 nitrogen and oxygen atoms in total. The van der Waals surface area contributed by atoms with Crippen LogP contribution in [0.3, 0.4) is 0 Å².